The lowest BCUT2D eigenvalue weighted by Gasteiger charge is -2.29. The summed E-state index contributed by atoms with van der Waals surface area (Å²) in [5.41, 5.74) is 2.91. The van der Waals surface area contributed by atoms with Crippen LogP contribution >= 0.6 is 0 Å². The quantitative estimate of drug-likeness (QED) is 0.787. The van der Waals surface area contributed by atoms with Crippen molar-refractivity contribution >= 4 is 5.91 Å². The van der Waals surface area contributed by atoms with Gasteiger partial charge in [-0.05, 0) is 19.8 Å². The smallest absolute Gasteiger partial charge is 0.346 e. The van der Waals surface area contributed by atoms with Crippen LogP contribution in [-0.4, -0.2) is 42.8 Å². The normalized spacial score (nSPS) is 20.0. The number of rotatable bonds is 4. The van der Waals surface area contributed by atoms with Gasteiger partial charge in [0.05, 0.1) is 6.04 Å². The molecule has 0 radical (unpaired) electrons. The fourth-order valence-corrected chi connectivity index (χ4v) is 1.70. The topological polar surface area (TPSA) is 44.4 Å². The Morgan fingerprint density at radius 2 is 1.88 bits per heavy atom. The van der Waals surface area contributed by atoms with Crippen LogP contribution in [0.4, 0.5) is 13.2 Å². The summed E-state index contributed by atoms with van der Waals surface area (Å²) in [4.78, 5) is 11.4. The molecule has 1 aliphatic heterocycles. The number of halogens is 3. The van der Waals surface area contributed by atoms with Crippen LogP contribution in [0.1, 0.15) is 26.2 Å². The number of nitrogens with one attached hydrogen (secondary N) is 2. The van der Waals surface area contributed by atoms with Crippen LogP contribution in [-0.2, 0) is 4.79 Å². The number of amides is 1. The molecule has 0 bridgehead atoms. The minimum absolute atomic E-state index is 0.632. The molecular weight excluding hydrogens is 235 g/mol. The Labute approximate surface area is 98.5 Å². The minimum atomic E-state index is -4.36. The third kappa shape index (κ3) is 5.88. The number of carbonyl (C=O) groups is 1. The zero-order chi connectivity index (χ0) is 12.9. The molecule has 0 aromatic carbocycles. The Morgan fingerprint density at radius 1 is 1.29 bits per heavy atom. The van der Waals surface area contributed by atoms with E-state index in [1.165, 1.54) is 0 Å². The Bertz CT molecular complexity index is 252. The first-order chi connectivity index (χ1) is 7.88. The van der Waals surface area contributed by atoms with E-state index in [4.69, 9.17) is 0 Å². The predicted octanol–water partition coefficient (Wildman–Crippen LogP) is 1.04. The average Bonchev–Trinajstić information content (AvgIpc) is 2.26. The van der Waals surface area contributed by atoms with Gasteiger partial charge in [0.1, 0.15) is 6.54 Å². The van der Waals surface area contributed by atoms with Gasteiger partial charge in [0.25, 0.3) is 0 Å². The maximum absolute atomic E-state index is 11.9. The van der Waals surface area contributed by atoms with Gasteiger partial charge in [0.2, 0.25) is 5.91 Å². The van der Waals surface area contributed by atoms with E-state index in [0.717, 1.165) is 32.4 Å². The highest BCUT2D eigenvalue weighted by Gasteiger charge is 2.29. The summed E-state index contributed by atoms with van der Waals surface area (Å²) in [5, 5.41) is 3.75. The lowest BCUT2D eigenvalue weighted by molar-refractivity contribution is -0.140. The van der Waals surface area contributed by atoms with E-state index < -0.39 is 24.7 Å². The van der Waals surface area contributed by atoms with E-state index in [-0.39, 0.29) is 0 Å². The molecule has 1 fully saturated rings. The van der Waals surface area contributed by atoms with Crippen LogP contribution in [0.2, 0.25) is 0 Å². The van der Waals surface area contributed by atoms with E-state index in [9.17, 15) is 18.0 Å². The van der Waals surface area contributed by atoms with Crippen LogP contribution in [0.3, 0.4) is 0 Å². The van der Waals surface area contributed by atoms with Gasteiger partial charge in [-0.15, -0.1) is 0 Å². The second kappa shape index (κ2) is 6.20. The lowest BCUT2D eigenvalue weighted by Crippen LogP contribution is -2.53. The first-order valence-electron chi connectivity index (χ1n) is 5.74. The van der Waals surface area contributed by atoms with Crippen molar-refractivity contribution in [2.45, 2.75) is 38.4 Å². The molecule has 100 valence electrons. The SMILES string of the molecule is CC(NN1CCCCC1)C(=O)NCC(F)(F)F. The summed E-state index contributed by atoms with van der Waals surface area (Å²) >= 11 is 0. The number of hydrogen-bond donors (Lipinski definition) is 2. The summed E-state index contributed by atoms with van der Waals surface area (Å²) in [7, 11) is 0. The van der Waals surface area contributed by atoms with Gasteiger partial charge in [-0.25, -0.2) is 10.4 Å². The molecule has 2 N–H and O–H groups in total. The van der Waals surface area contributed by atoms with Crippen LogP contribution in [0, 0.1) is 0 Å². The van der Waals surface area contributed by atoms with Crippen LogP contribution in [0.15, 0.2) is 0 Å². The highest BCUT2D eigenvalue weighted by atomic mass is 19.4. The van der Waals surface area contributed by atoms with Gasteiger partial charge in [0, 0.05) is 13.1 Å². The summed E-state index contributed by atoms with van der Waals surface area (Å²) in [5.74, 6) is -0.632. The number of alkyl halides is 3. The Balaban J connectivity index is 2.26. The zero-order valence-electron chi connectivity index (χ0n) is 9.81. The summed E-state index contributed by atoms with van der Waals surface area (Å²) < 4.78 is 35.7. The molecule has 1 atom stereocenters. The molecule has 0 spiro atoms. The Morgan fingerprint density at radius 3 is 2.41 bits per heavy atom. The number of hydrazine groups is 1. The Kier molecular flexibility index (Phi) is 5.20. The molecule has 1 amide bonds. The number of nitrogens with zero attached hydrogens (tertiary/aromatic N) is 1. The first-order valence-corrected chi connectivity index (χ1v) is 5.74. The fraction of sp³-hybridized carbons (Fsp3) is 0.900. The molecule has 1 unspecified atom stereocenters. The summed E-state index contributed by atoms with van der Waals surface area (Å²) in [6.45, 7) is 1.94. The van der Waals surface area contributed by atoms with Crippen molar-refractivity contribution in [2.24, 2.45) is 0 Å². The molecule has 17 heavy (non-hydrogen) atoms. The van der Waals surface area contributed by atoms with Crippen molar-refractivity contribution in [3.63, 3.8) is 0 Å². The van der Waals surface area contributed by atoms with Crippen molar-refractivity contribution in [3.8, 4) is 0 Å². The number of carbonyl (C=O) groups excluding carboxylic acids is 1. The zero-order valence-corrected chi connectivity index (χ0v) is 9.81. The second-order valence-corrected chi connectivity index (χ2v) is 4.23. The van der Waals surface area contributed by atoms with Gasteiger partial charge in [-0.2, -0.15) is 13.2 Å². The maximum atomic E-state index is 11.9. The molecule has 4 nitrogen and oxygen atoms in total. The molecule has 1 heterocycles. The molecule has 0 saturated carbocycles. The number of piperidine rings is 1. The molecule has 0 aliphatic carbocycles. The van der Waals surface area contributed by atoms with Gasteiger partial charge in [-0.1, -0.05) is 6.42 Å². The monoisotopic (exact) mass is 253 g/mol. The van der Waals surface area contributed by atoms with E-state index in [1.54, 1.807) is 6.92 Å². The van der Waals surface area contributed by atoms with Crippen molar-refractivity contribution in [3.05, 3.63) is 0 Å². The van der Waals surface area contributed by atoms with E-state index in [1.807, 2.05) is 10.3 Å². The predicted molar refractivity (Wildman–Crippen MR) is 57.1 cm³/mol. The van der Waals surface area contributed by atoms with Gasteiger partial charge in [-0.3, -0.25) is 4.79 Å². The largest absolute Gasteiger partial charge is 0.405 e. The van der Waals surface area contributed by atoms with Gasteiger partial charge < -0.3 is 5.32 Å². The number of hydrogen-bond acceptors (Lipinski definition) is 3. The van der Waals surface area contributed by atoms with Crippen LogP contribution < -0.4 is 10.7 Å². The highest BCUT2D eigenvalue weighted by Crippen LogP contribution is 2.12. The molecular formula is C10H18F3N3O. The third-order valence-corrected chi connectivity index (χ3v) is 2.59. The average molecular weight is 253 g/mol. The standard InChI is InChI=1S/C10H18F3N3O/c1-8(9(17)14-7-10(11,12)13)15-16-5-3-2-4-6-16/h8,15H,2-7H2,1H3,(H,14,17). The van der Waals surface area contributed by atoms with E-state index in [0.29, 0.717) is 0 Å². The third-order valence-electron chi connectivity index (χ3n) is 2.59. The first kappa shape index (κ1) is 14.2. The van der Waals surface area contributed by atoms with Crippen molar-refractivity contribution in [2.75, 3.05) is 19.6 Å². The highest BCUT2D eigenvalue weighted by molar-refractivity contribution is 5.81. The molecule has 0 aromatic heterocycles. The molecule has 1 saturated heterocycles. The molecule has 1 rings (SSSR count). The van der Waals surface area contributed by atoms with Crippen molar-refractivity contribution in [1.29, 1.82) is 0 Å². The second-order valence-electron chi connectivity index (χ2n) is 4.23. The van der Waals surface area contributed by atoms with Crippen LogP contribution in [0.25, 0.3) is 0 Å². The lowest BCUT2D eigenvalue weighted by atomic mass is 10.2. The van der Waals surface area contributed by atoms with E-state index >= 15 is 0 Å². The molecule has 0 aromatic rings. The van der Waals surface area contributed by atoms with E-state index in [2.05, 4.69) is 5.43 Å². The summed E-state index contributed by atoms with van der Waals surface area (Å²) in [6.07, 6.45) is -1.11. The summed E-state index contributed by atoms with van der Waals surface area (Å²) in [6, 6.07) is -0.643. The van der Waals surface area contributed by atoms with Gasteiger partial charge >= 0.3 is 6.18 Å². The van der Waals surface area contributed by atoms with Crippen LogP contribution in [0.5, 0.6) is 0 Å². The maximum Gasteiger partial charge on any atom is 0.405 e. The molecule has 1 aliphatic rings. The fourth-order valence-electron chi connectivity index (χ4n) is 1.70. The molecule has 7 heteroatoms. The van der Waals surface area contributed by atoms with Crippen molar-refractivity contribution < 1.29 is 18.0 Å². The minimum Gasteiger partial charge on any atom is -0.346 e. The van der Waals surface area contributed by atoms with Crippen molar-refractivity contribution in [1.82, 2.24) is 15.8 Å². The Hall–Kier alpha value is -0.820. The van der Waals surface area contributed by atoms with Gasteiger partial charge in [0.15, 0.2) is 0 Å².